The van der Waals surface area contributed by atoms with E-state index in [1.807, 2.05) is 51.1 Å². The Bertz CT molecular complexity index is 930. The summed E-state index contributed by atoms with van der Waals surface area (Å²) in [6.07, 6.45) is 0. The van der Waals surface area contributed by atoms with Gasteiger partial charge in [0, 0.05) is 0 Å². The molecule has 1 heterocycles. The fourth-order valence-corrected chi connectivity index (χ4v) is 2.77. The Morgan fingerprint density at radius 3 is 2.64 bits per heavy atom. The molecule has 28 heavy (non-hydrogen) atoms. The monoisotopic (exact) mass is 380 g/mol. The molecule has 0 bridgehead atoms. The zero-order valence-corrected chi connectivity index (χ0v) is 16.3. The number of rotatable bonds is 8. The number of carbonyl (C=O) groups is 1. The van der Waals surface area contributed by atoms with E-state index in [1.54, 1.807) is 18.2 Å². The van der Waals surface area contributed by atoms with Crippen LogP contribution in [0.4, 0.5) is 0 Å². The molecule has 146 valence electrons. The second kappa shape index (κ2) is 9.08. The van der Waals surface area contributed by atoms with Crippen molar-refractivity contribution < 1.29 is 18.8 Å². The summed E-state index contributed by atoms with van der Waals surface area (Å²) in [7, 11) is 0. The standard InChI is InChI=1S/C22H24N2O4/c1-15-7-6-8-18(13-15)26-12-11-23-22(25)19-9-4-5-10-21(19)27-14-20-16(2)24-28-17(20)3/h4-10,13H,11-12,14H2,1-3H3,(H,23,25). The first-order chi connectivity index (χ1) is 13.5. The van der Waals surface area contributed by atoms with Crippen molar-refractivity contribution in [1.82, 2.24) is 10.5 Å². The van der Waals surface area contributed by atoms with Crippen molar-refractivity contribution >= 4 is 5.91 Å². The van der Waals surface area contributed by atoms with Crippen molar-refractivity contribution in [3.05, 3.63) is 76.7 Å². The van der Waals surface area contributed by atoms with E-state index in [9.17, 15) is 4.79 Å². The fraction of sp³-hybridized carbons (Fsp3) is 0.273. The largest absolute Gasteiger partial charge is 0.492 e. The van der Waals surface area contributed by atoms with Crippen LogP contribution < -0.4 is 14.8 Å². The number of amides is 1. The SMILES string of the molecule is Cc1cccc(OCCNC(=O)c2ccccc2OCc2c(C)noc2C)c1. The molecule has 3 rings (SSSR count). The van der Waals surface area contributed by atoms with E-state index in [2.05, 4.69) is 10.5 Å². The van der Waals surface area contributed by atoms with Gasteiger partial charge in [-0.1, -0.05) is 29.4 Å². The van der Waals surface area contributed by atoms with E-state index >= 15 is 0 Å². The maximum atomic E-state index is 12.5. The number of nitrogens with zero attached hydrogens (tertiary/aromatic N) is 1. The summed E-state index contributed by atoms with van der Waals surface area (Å²) in [5.74, 6) is 1.81. The first-order valence-electron chi connectivity index (χ1n) is 9.16. The van der Waals surface area contributed by atoms with E-state index in [-0.39, 0.29) is 5.91 Å². The van der Waals surface area contributed by atoms with Crippen LogP contribution in [0.1, 0.15) is 32.9 Å². The Kier molecular flexibility index (Phi) is 6.32. The van der Waals surface area contributed by atoms with Crippen molar-refractivity contribution in [2.75, 3.05) is 13.2 Å². The third-order valence-corrected chi connectivity index (χ3v) is 4.33. The Morgan fingerprint density at radius 1 is 1.07 bits per heavy atom. The molecule has 2 aromatic carbocycles. The van der Waals surface area contributed by atoms with E-state index in [0.717, 1.165) is 22.6 Å². The number of carbonyl (C=O) groups excluding carboxylic acids is 1. The molecule has 0 aliphatic heterocycles. The Morgan fingerprint density at radius 2 is 1.89 bits per heavy atom. The van der Waals surface area contributed by atoms with Crippen LogP contribution in [0.5, 0.6) is 11.5 Å². The number of para-hydroxylation sites is 1. The lowest BCUT2D eigenvalue weighted by Crippen LogP contribution is -2.28. The minimum atomic E-state index is -0.206. The van der Waals surface area contributed by atoms with Crippen molar-refractivity contribution in [2.45, 2.75) is 27.4 Å². The van der Waals surface area contributed by atoms with E-state index < -0.39 is 0 Å². The number of hydrogen-bond donors (Lipinski definition) is 1. The highest BCUT2D eigenvalue weighted by Crippen LogP contribution is 2.21. The number of aryl methyl sites for hydroxylation is 3. The molecule has 0 saturated heterocycles. The van der Waals surface area contributed by atoms with Gasteiger partial charge in [0.15, 0.2) is 0 Å². The van der Waals surface area contributed by atoms with Crippen molar-refractivity contribution in [1.29, 1.82) is 0 Å². The maximum Gasteiger partial charge on any atom is 0.255 e. The van der Waals surface area contributed by atoms with Gasteiger partial charge in [0.1, 0.15) is 30.5 Å². The number of hydrogen-bond acceptors (Lipinski definition) is 5. The normalized spacial score (nSPS) is 10.5. The smallest absolute Gasteiger partial charge is 0.255 e. The second-order valence-corrected chi connectivity index (χ2v) is 6.51. The van der Waals surface area contributed by atoms with Gasteiger partial charge < -0.3 is 19.3 Å². The number of nitrogens with one attached hydrogen (secondary N) is 1. The summed E-state index contributed by atoms with van der Waals surface area (Å²) < 4.78 is 16.7. The van der Waals surface area contributed by atoms with Crippen molar-refractivity contribution in [3.63, 3.8) is 0 Å². The van der Waals surface area contributed by atoms with Gasteiger partial charge in [0.25, 0.3) is 5.91 Å². The molecule has 0 radical (unpaired) electrons. The molecule has 6 nitrogen and oxygen atoms in total. The van der Waals surface area contributed by atoms with Gasteiger partial charge in [0.05, 0.1) is 23.4 Å². The molecule has 0 spiro atoms. The average Bonchev–Trinajstić information content (AvgIpc) is 3.01. The number of benzene rings is 2. The summed E-state index contributed by atoms with van der Waals surface area (Å²) >= 11 is 0. The Labute approximate surface area is 164 Å². The first kappa shape index (κ1) is 19.5. The van der Waals surface area contributed by atoms with Crippen LogP contribution in [-0.2, 0) is 6.61 Å². The second-order valence-electron chi connectivity index (χ2n) is 6.51. The lowest BCUT2D eigenvalue weighted by atomic mass is 10.2. The average molecular weight is 380 g/mol. The number of aromatic nitrogens is 1. The lowest BCUT2D eigenvalue weighted by molar-refractivity contribution is 0.0942. The fourth-order valence-electron chi connectivity index (χ4n) is 2.77. The predicted octanol–water partition coefficient (Wildman–Crippen LogP) is 3.99. The molecule has 1 aromatic heterocycles. The van der Waals surface area contributed by atoms with Gasteiger partial charge in [-0.3, -0.25) is 4.79 Å². The third kappa shape index (κ3) is 4.91. The van der Waals surface area contributed by atoms with Gasteiger partial charge in [-0.2, -0.15) is 0 Å². The minimum Gasteiger partial charge on any atom is -0.492 e. The molecule has 0 aliphatic rings. The van der Waals surface area contributed by atoms with Gasteiger partial charge >= 0.3 is 0 Å². The zero-order valence-electron chi connectivity index (χ0n) is 16.3. The number of ether oxygens (including phenoxy) is 2. The van der Waals surface area contributed by atoms with Crippen molar-refractivity contribution in [3.8, 4) is 11.5 Å². The summed E-state index contributed by atoms with van der Waals surface area (Å²) in [5, 5.41) is 6.78. The molecule has 0 unspecified atom stereocenters. The van der Waals surface area contributed by atoms with Crippen LogP contribution in [0.3, 0.4) is 0 Å². The van der Waals surface area contributed by atoms with Gasteiger partial charge in [-0.05, 0) is 50.6 Å². The van der Waals surface area contributed by atoms with Crippen LogP contribution in [0, 0.1) is 20.8 Å². The first-order valence-corrected chi connectivity index (χ1v) is 9.16. The molecular weight excluding hydrogens is 356 g/mol. The van der Waals surface area contributed by atoms with Crippen LogP contribution >= 0.6 is 0 Å². The summed E-state index contributed by atoms with van der Waals surface area (Å²) in [5.41, 5.74) is 3.28. The molecule has 1 N–H and O–H groups in total. The molecule has 1 amide bonds. The highest BCUT2D eigenvalue weighted by atomic mass is 16.5. The molecule has 0 saturated carbocycles. The molecular formula is C22H24N2O4. The highest BCUT2D eigenvalue weighted by Gasteiger charge is 2.14. The van der Waals surface area contributed by atoms with E-state index in [1.165, 1.54) is 0 Å². The molecule has 3 aromatic rings. The zero-order chi connectivity index (χ0) is 19.9. The third-order valence-electron chi connectivity index (χ3n) is 4.33. The summed E-state index contributed by atoms with van der Waals surface area (Å²) in [4.78, 5) is 12.5. The van der Waals surface area contributed by atoms with Crippen LogP contribution in [-0.4, -0.2) is 24.2 Å². The highest BCUT2D eigenvalue weighted by molar-refractivity contribution is 5.96. The van der Waals surface area contributed by atoms with Crippen LogP contribution in [0.2, 0.25) is 0 Å². The summed E-state index contributed by atoms with van der Waals surface area (Å²) in [6, 6.07) is 15.0. The molecule has 0 atom stereocenters. The predicted molar refractivity (Wildman–Crippen MR) is 106 cm³/mol. The minimum absolute atomic E-state index is 0.206. The Balaban J connectivity index is 1.55. The van der Waals surface area contributed by atoms with Crippen LogP contribution in [0.25, 0.3) is 0 Å². The van der Waals surface area contributed by atoms with E-state index in [4.69, 9.17) is 14.0 Å². The topological polar surface area (TPSA) is 73.6 Å². The van der Waals surface area contributed by atoms with Gasteiger partial charge in [0.2, 0.25) is 0 Å². The lowest BCUT2D eigenvalue weighted by Gasteiger charge is -2.12. The van der Waals surface area contributed by atoms with Gasteiger partial charge in [-0.25, -0.2) is 0 Å². The molecule has 0 fully saturated rings. The van der Waals surface area contributed by atoms with Crippen molar-refractivity contribution in [2.24, 2.45) is 0 Å². The quantitative estimate of drug-likeness (QED) is 0.598. The molecule has 0 aliphatic carbocycles. The van der Waals surface area contributed by atoms with Gasteiger partial charge in [-0.15, -0.1) is 0 Å². The summed E-state index contributed by atoms with van der Waals surface area (Å²) in [6.45, 7) is 6.78. The Hall–Kier alpha value is -3.28. The van der Waals surface area contributed by atoms with Crippen LogP contribution in [0.15, 0.2) is 53.1 Å². The van der Waals surface area contributed by atoms with E-state index in [0.29, 0.717) is 36.8 Å². The molecule has 6 heteroatoms. The maximum absolute atomic E-state index is 12.5.